The molecule has 2 aromatic carbocycles. The van der Waals surface area contributed by atoms with Gasteiger partial charge in [0.1, 0.15) is 5.75 Å². The van der Waals surface area contributed by atoms with Crippen LogP contribution >= 0.6 is 0 Å². The zero-order valence-electron chi connectivity index (χ0n) is 11.6. The SMILES string of the molecule is CNC(CCOc1ccccc1)c1cccc(C)c1. The molecule has 0 radical (unpaired) electrons. The van der Waals surface area contributed by atoms with Crippen molar-refractivity contribution in [3.8, 4) is 5.75 Å². The van der Waals surface area contributed by atoms with E-state index < -0.39 is 0 Å². The molecule has 1 atom stereocenters. The predicted molar refractivity (Wildman–Crippen MR) is 79.5 cm³/mol. The molecule has 0 aliphatic rings. The van der Waals surface area contributed by atoms with Gasteiger partial charge in [0.15, 0.2) is 0 Å². The molecule has 2 rings (SSSR count). The van der Waals surface area contributed by atoms with Gasteiger partial charge < -0.3 is 10.1 Å². The van der Waals surface area contributed by atoms with Crippen molar-refractivity contribution in [2.24, 2.45) is 0 Å². The monoisotopic (exact) mass is 255 g/mol. The van der Waals surface area contributed by atoms with Gasteiger partial charge in [-0.15, -0.1) is 0 Å². The van der Waals surface area contributed by atoms with E-state index in [-0.39, 0.29) is 0 Å². The van der Waals surface area contributed by atoms with Crippen molar-refractivity contribution in [1.29, 1.82) is 0 Å². The smallest absolute Gasteiger partial charge is 0.119 e. The van der Waals surface area contributed by atoms with E-state index in [4.69, 9.17) is 4.74 Å². The second-order valence-corrected chi connectivity index (χ2v) is 4.71. The molecular formula is C17H21NO. The summed E-state index contributed by atoms with van der Waals surface area (Å²) >= 11 is 0. The van der Waals surface area contributed by atoms with Crippen LogP contribution in [0.1, 0.15) is 23.6 Å². The Morgan fingerprint density at radius 2 is 1.84 bits per heavy atom. The lowest BCUT2D eigenvalue weighted by atomic mass is 10.0. The van der Waals surface area contributed by atoms with Crippen molar-refractivity contribution in [2.45, 2.75) is 19.4 Å². The highest BCUT2D eigenvalue weighted by Gasteiger charge is 2.09. The van der Waals surface area contributed by atoms with Gasteiger partial charge in [-0.2, -0.15) is 0 Å². The third kappa shape index (κ3) is 4.11. The zero-order chi connectivity index (χ0) is 13.5. The number of benzene rings is 2. The Balaban J connectivity index is 1.89. The van der Waals surface area contributed by atoms with Crippen LogP contribution in [0.2, 0.25) is 0 Å². The van der Waals surface area contributed by atoms with Crippen LogP contribution in [0.4, 0.5) is 0 Å². The molecule has 1 unspecified atom stereocenters. The fourth-order valence-electron chi connectivity index (χ4n) is 2.18. The van der Waals surface area contributed by atoms with Gasteiger partial charge in [0, 0.05) is 12.5 Å². The van der Waals surface area contributed by atoms with Crippen molar-refractivity contribution in [2.75, 3.05) is 13.7 Å². The van der Waals surface area contributed by atoms with Gasteiger partial charge in [-0.25, -0.2) is 0 Å². The molecule has 2 heteroatoms. The van der Waals surface area contributed by atoms with Gasteiger partial charge in [0.25, 0.3) is 0 Å². The van der Waals surface area contributed by atoms with Gasteiger partial charge in [-0.05, 0) is 31.7 Å². The summed E-state index contributed by atoms with van der Waals surface area (Å²) in [5.74, 6) is 0.932. The Bertz CT molecular complexity index is 496. The molecule has 0 aromatic heterocycles. The van der Waals surface area contributed by atoms with Gasteiger partial charge in [-0.3, -0.25) is 0 Å². The molecule has 2 nitrogen and oxygen atoms in total. The minimum absolute atomic E-state index is 0.337. The largest absolute Gasteiger partial charge is 0.494 e. The highest BCUT2D eigenvalue weighted by Crippen LogP contribution is 2.18. The van der Waals surface area contributed by atoms with E-state index in [0.29, 0.717) is 12.6 Å². The lowest BCUT2D eigenvalue weighted by Gasteiger charge is -2.17. The first-order valence-corrected chi connectivity index (χ1v) is 6.71. The fourth-order valence-corrected chi connectivity index (χ4v) is 2.18. The van der Waals surface area contributed by atoms with Crippen molar-refractivity contribution in [1.82, 2.24) is 5.32 Å². The van der Waals surface area contributed by atoms with Crippen LogP contribution in [0.5, 0.6) is 5.75 Å². The van der Waals surface area contributed by atoms with E-state index in [1.54, 1.807) is 0 Å². The molecule has 0 aliphatic carbocycles. The summed E-state index contributed by atoms with van der Waals surface area (Å²) in [5, 5.41) is 3.35. The lowest BCUT2D eigenvalue weighted by molar-refractivity contribution is 0.290. The first kappa shape index (κ1) is 13.6. The van der Waals surface area contributed by atoms with Crippen molar-refractivity contribution >= 4 is 0 Å². The van der Waals surface area contributed by atoms with Crippen LogP contribution in [0.15, 0.2) is 54.6 Å². The molecule has 0 heterocycles. The Labute approximate surface area is 115 Å². The second-order valence-electron chi connectivity index (χ2n) is 4.71. The molecule has 0 saturated heterocycles. The van der Waals surface area contributed by atoms with Gasteiger partial charge in [0.05, 0.1) is 6.61 Å². The fraction of sp³-hybridized carbons (Fsp3) is 0.294. The quantitative estimate of drug-likeness (QED) is 0.849. The Kier molecular flexibility index (Phi) is 4.99. The summed E-state index contributed by atoms with van der Waals surface area (Å²) in [4.78, 5) is 0. The molecule has 19 heavy (non-hydrogen) atoms. The maximum atomic E-state index is 5.75. The number of hydrogen-bond donors (Lipinski definition) is 1. The molecule has 0 amide bonds. The Morgan fingerprint density at radius 3 is 2.53 bits per heavy atom. The van der Waals surface area contributed by atoms with E-state index >= 15 is 0 Å². The molecule has 100 valence electrons. The van der Waals surface area contributed by atoms with Gasteiger partial charge >= 0.3 is 0 Å². The van der Waals surface area contributed by atoms with E-state index in [1.807, 2.05) is 37.4 Å². The zero-order valence-corrected chi connectivity index (χ0v) is 11.6. The molecule has 0 bridgehead atoms. The first-order valence-electron chi connectivity index (χ1n) is 6.71. The topological polar surface area (TPSA) is 21.3 Å². The maximum Gasteiger partial charge on any atom is 0.119 e. The highest BCUT2D eigenvalue weighted by molar-refractivity contribution is 5.25. The minimum Gasteiger partial charge on any atom is -0.494 e. The predicted octanol–water partition coefficient (Wildman–Crippen LogP) is 3.72. The third-order valence-corrected chi connectivity index (χ3v) is 3.21. The maximum absolute atomic E-state index is 5.75. The number of nitrogens with one attached hydrogen (secondary N) is 1. The summed E-state index contributed by atoms with van der Waals surface area (Å²) in [5.41, 5.74) is 2.61. The number of aryl methyl sites for hydroxylation is 1. The Morgan fingerprint density at radius 1 is 1.05 bits per heavy atom. The molecule has 1 N–H and O–H groups in total. The lowest BCUT2D eigenvalue weighted by Crippen LogP contribution is -2.19. The summed E-state index contributed by atoms with van der Waals surface area (Å²) in [6.45, 7) is 2.83. The number of ether oxygens (including phenoxy) is 1. The number of hydrogen-bond acceptors (Lipinski definition) is 2. The van der Waals surface area contributed by atoms with E-state index in [9.17, 15) is 0 Å². The first-order chi connectivity index (χ1) is 9.29. The van der Waals surface area contributed by atoms with Crippen molar-refractivity contribution < 1.29 is 4.74 Å². The van der Waals surface area contributed by atoms with E-state index in [1.165, 1.54) is 11.1 Å². The molecule has 0 aliphatic heterocycles. The van der Waals surface area contributed by atoms with Crippen LogP contribution in [0.3, 0.4) is 0 Å². The van der Waals surface area contributed by atoms with Gasteiger partial charge in [-0.1, -0.05) is 48.0 Å². The Hall–Kier alpha value is -1.80. The second kappa shape index (κ2) is 6.95. The van der Waals surface area contributed by atoms with Crippen LogP contribution in [0.25, 0.3) is 0 Å². The molecular weight excluding hydrogens is 234 g/mol. The minimum atomic E-state index is 0.337. The molecule has 0 fully saturated rings. The molecule has 0 spiro atoms. The summed E-state index contributed by atoms with van der Waals surface area (Å²) in [6.07, 6.45) is 0.953. The summed E-state index contributed by atoms with van der Waals surface area (Å²) < 4.78 is 5.75. The van der Waals surface area contributed by atoms with E-state index in [0.717, 1.165) is 12.2 Å². The van der Waals surface area contributed by atoms with Crippen molar-refractivity contribution in [3.05, 3.63) is 65.7 Å². The number of rotatable bonds is 6. The summed E-state index contributed by atoms with van der Waals surface area (Å²) in [6, 6.07) is 18.9. The third-order valence-electron chi connectivity index (χ3n) is 3.21. The van der Waals surface area contributed by atoms with Crippen LogP contribution < -0.4 is 10.1 Å². The van der Waals surface area contributed by atoms with Gasteiger partial charge in [0.2, 0.25) is 0 Å². The standard InChI is InChI=1S/C17H21NO/c1-14-7-6-8-15(13-14)17(18-2)11-12-19-16-9-4-3-5-10-16/h3-10,13,17-18H,11-12H2,1-2H3. The van der Waals surface area contributed by atoms with Crippen molar-refractivity contribution in [3.63, 3.8) is 0 Å². The van der Waals surface area contributed by atoms with Crippen LogP contribution in [0, 0.1) is 6.92 Å². The average Bonchev–Trinajstić information content (AvgIpc) is 2.45. The number of para-hydroxylation sites is 1. The molecule has 2 aromatic rings. The average molecular weight is 255 g/mol. The normalized spacial score (nSPS) is 12.1. The van der Waals surface area contributed by atoms with Crippen LogP contribution in [-0.4, -0.2) is 13.7 Å². The van der Waals surface area contributed by atoms with Crippen LogP contribution in [-0.2, 0) is 0 Å². The molecule has 0 saturated carbocycles. The van der Waals surface area contributed by atoms with E-state index in [2.05, 4.69) is 36.5 Å². The summed E-state index contributed by atoms with van der Waals surface area (Å²) in [7, 11) is 2.00. The highest BCUT2D eigenvalue weighted by atomic mass is 16.5.